The van der Waals surface area contributed by atoms with Gasteiger partial charge in [0, 0.05) is 36.5 Å². The molecule has 3 heterocycles. The Morgan fingerprint density at radius 3 is 3.11 bits per heavy atom. The molecular weight excluding hydrogens is 433 g/mol. The molecule has 10 heteroatoms. The van der Waals surface area contributed by atoms with Gasteiger partial charge in [-0.2, -0.15) is 0 Å². The molecule has 3 aromatic rings. The van der Waals surface area contributed by atoms with E-state index in [1.165, 1.54) is 6.07 Å². The smallest absolute Gasteiger partial charge is 0.405 e. The maximum Gasteiger partial charge on any atom is 0.405 e. The topological polar surface area (TPSA) is 101 Å². The van der Waals surface area contributed by atoms with E-state index in [1.54, 1.807) is 29.8 Å². The molecule has 0 aliphatic carbocycles. The third-order valence-corrected chi connectivity index (χ3v) is 5.17. The fourth-order valence-corrected chi connectivity index (χ4v) is 3.62. The van der Waals surface area contributed by atoms with Gasteiger partial charge in [0.15, 0.2) is 5.65 Å². The van der Waals surface area contributed by atoms with E-state index in [4.69, 9.17) is 9.84 Å². The minimum Gasteiger partial charge on any atom is -0.493 e. The molecule has 0 radical (unpaired) electrons. The number of amides is 1. The van der Waals surface area contributed by atoms with Crippen molar-refractivity contribution in [3.8, 4) is 5.75 Å². The van der Waals surface area contributed by atoms with Crippen molar-refractivity contribution in [1.82, 2.24) is 19.7 Å². The fourth-order valence-electron chi connectivity index (χ4n) is 3.24. The first-order chi connectivity index (χ1) is 13.4. The molecule has 1 aliphatic rings. The molecule has 0 saturated carbocycles. The molecular formula is C18H17BrFN5O3. The number of carboxylic acid groups (broad SMARTS) is 1. The van der Waals surface area contributed by atoms with Crippen molar-refractivity contribution in [1.29, 1.82) is 0 Å². The number of benzene rings is 1. The lowest BCUT2D eigenvalue weighted by atomic mass is 10.0. The highest BCUT2D eigenvalue weighted by atomic mass is 79.9. The molecule has 8 nitrogen and oxygen atoms in total. The maximum atomic E-state index is 14.4. The lowest BCUT2D eigenvalue weighted by Gasteiger charge is -2.12. The summed E-state index contributed by atoms with van der Waals surface area (Å²) in [7, 11) is 0. The van der Waals surface area contributed by atoms with Gasteiger partial charge < -0.3 is 20.5 Å². The van der Waals surface area contributed by atoms with Crippen molar-refractivity contribution in [3.05, 3.63) is 51.6 Å². The number of nitrogens with one attached hydrogen (secondary N) is 2. The summed E-state index contributed by atoms with van der Waals surface area (Å²) < 4.78 is 22.2. The van der Waals surface area contributed by atoms with Gasteiger partial charge in [0.25, 0.3) is 0 Å². The standard InChI is InChI=1S/C18H17BrFN5O3/c1-9(23-18(26)27)14-8-25-16(24-14)12(19)7-22-17(25)21-6-11-10-4-5-28-15(10)3-2-13(11)20/h2-3,7-9,23H,4-6H2,1H3,(H,21,22)(H,26,27). The van der Waals surface area contributed by atoms with Crippen molar-refractivity contribution in [2.75, 3.05) is 11.9 Å². The van der Waals surface area contributed by atoms with Crippen molar-refractivity contribution < 1.29 is 19.0 Å². The highest BCUT2D eigenvalue weighted by Crippen LogP contribution is 2.31. The molecule has 1 atom stereocenters. The predicted molar refractivity (Wildman–Crippen MR) is 103 cm³/mol. The number of carbonyl (C=O) groups is 1. The Bertz CT molecular complexity index is 1070. The van der Waals surface area contributed by atoms with Crippen LogP contribution in [0.25, 0.3) is 5.65 Å². The summed E-state index contributed by atoms with van der Waals surface area (Å²) in [4.78, 5) is 19.7. The Hall–Kier alpha value is -2.88. The van der Waals surface area contributed by atoms with Crippen LogP contribution < -0.4 is 15.4 Å². The van der Waals surface area contributed by atoms with E-state index in [9.17, 15) is 9.18 Å². The third kappa shape index (κ3) is 3.35. The molecule has 0 bridgehead atoms. The van der Waals surface area contributed by atoms with Gasteiger partial charge in [-0.25, -0.2) is 19.2 Å². The first kappa shape index (κ1) is 18.5. The van der Waals surface area contributed by atoms with Crippen LogP contribution in [0.15, 0.2) is 29.0 Å². The van der Waals surface area contributed by atoms with Crippen molar-refractivity contribution in [2.45, 2.75) is 25.9 Å². The average Bonchev–Trinajstić information content (AvgIpc) is 3.29. The average molecular weight is 450 g/mol. The van der Waals surface area contributed by atoms with Crippen LogP contribution in [-0.4, -0.2) is 32.2 Å². The van der Waals surface area contributed by atoms with E-state index in [1.807, 2.05) is 0 Å². The minimum atomic E-state index is -1.13. The highest BCUT2D eigenvalue weighted by molar-refractivity contribution is 9.10. The summed E-state index contributed by atoms with van der Waals surface area (Å²) in [5.74, 6) is 0.886. The van der Waals surface area contributed by atoms with E-state index >= 15 is 0 Å². The molecule has 28 heavy (non-hydrogen) atoms. The number of aromatic nitrogens is 3. The van der Waals surface area contributed by atoms with Crippen molar-refractivity contribution in [2.24, 2.45) is 0 Å². The summed E-state index contributed by atoms with van der Waals surface area (Å²) in [6.45, 7) is 2.48. The summed E-state index contributed by atoms with van der Waals surface area (Å²) in [5.41, 5.74) is 2.54. The number of fused-ring (bicyclic) bond motifs is 2. The SMILES string of the molecule is CC(NC(=O)O)c1cn2c(NCc3c(F)ccc4c3CCO4)ncc(Br)c2n1. The number of halogens is 2. The van der Waals surface area contributed by atoms with Crippen LogP contribution >= 0.6 is 15.9 Å². The minimum absolute atomic E-state index is 0.235. The van der Waals surface area contributed by atoms with E-state index in [2.05, 4.69) is 36.5 Å². The summed E-state index contributed by atoms with van der Waals surface area (Å²) in [6.07, 6.45) is 2.83. The van der Waals surface area contributed by atoms with Crippen molar-refractivity contribution in [3.63, 3.8) is 0 Å². The predicted octanol–water partition coefficient (Wildman–Crippen LogP) is 3.51. The lowest BCUT2D eigenvalue weighted by molar-refractivity contribution is 0.190. The fraction of sp³-hybridized carbons (Fsp3) is 0.278. The van der Waals surface area contributed by atoms with Crippen LogP contribution in [-0.2, 0) is 13.0 Å². The van der Waals surface area contributed by atoms with Gasteiger partial charge >= 0.3 is 6.09 Å². The van der Waals surface area contributed by atoms with Crippen LogP contribution in [0.2, 0.25) is 0 Å². The molecule has 1 unspecified atom stereocenters. The molecule has 0 spiro atoms. The van der Waals surface area contributed by atoms with E-state index in [-0.39, 0.29) is 12.4 Å². The van der Waals surface area contributed by atoms with Gasteiger partial charge in [-0.15, -0.1) is 0 Å². The molecule has 0 fully saturated rings. The van der Waals surface area contributed by atoms with Crippen LogP contribution in [0, 0.1) is 5.82 Å². The molecule has 1 aliphatic heterocycles. The molecule has 1 amide bonds. The van der Waals surface area contributed by atoms with Gasteiger partial charge in [0.2, 0.25) is 5.95 Å². The van der Waals surface area contributed by atoms with Crippen LogP contribution in [0.3, 0.4) is 0 Å². The highest BCUT2D eigenvalue weighted by Gasteiger charge is 2.20. The van der Waals surface area contributed by atoms with E-state index < -0.39 is 12.1 Å². The van der Waals surface area contributed by atoms with E-state index in [0.717, 1.165) is 5.56 Å². The Morgan fingerprint density at radius 1 is 1.50 bits per heavy atom. The Morgan fingerprint density at radius 2 is 2.32 bits per heavy atom. The summed E-state index contributed by atoms with van der Waals surface area (Å²) in [6, 6.07) is 2.56. The van der Waals surface area contributed by atoms with Gasteiger partial charge in [-0.3, -0.25) is 4.40 Å². The lowest BCUT2D eigenvalue weighted by Crippen LogP contribution is -2.24. The molecule has 2 aromatic heterocycles. The second-order valence-electron chi connectivity index (χ2n) is 6.41. The first-order valence-corrected chi connectivity index (χ1v) is 9.43. The molecule has 4 rings (SSSR count). The first-order valence-electron chi connectivity index (χ1n) is 8.64. The monoisotopic (exact) mass is 449 g/mol. The molecule has 1 aromatic carbocycles. The largest absolute Gasteiger partial charge is 0.493 e. The Balaban J connectivity index is 1.65. The normalized spacial score (nSPS) is 13.8. The zero-order chi connectivity index (χ0) is 19.8. The zero-order valence-electron chi connectivity index (χ0n) is 14.9. The number of imidazole rings is 1. The number of nitrogens with zero attached hydrogens (tertiary/aromatic N) is 3. The molecule has 0 saturated heterocycles. The van der Waals surface area contributed by atoms with Gasteiger partial charge in [-0.1, -0.05) is 0 Å². The number of hydrogen-bond donors (Lipinski definition) is 3. The van der Waals surface area contributed by atoms with Gasteiger partial charge in [-0.05, 0) is 35.0 Å². The maximum absolute atomic E-state index is 14.4. The second-order valence-corrected chi connectivity index (χ2v) is 7.27. The second kappa shape index (κ2) is 7.27. The molecule has 146 valence electrons. The van der Waals surface area contributed by atoms with Crippen LogP contribution in [0.5, 0.6) is 5.75 Å². The summed E-state index contributed by atoms with van der Waals surface area (Å²) in [5, 5.41) is 14.4. The molecule has 3 N–H and O–H groups in total. The Labute approximate surface area is 167 Å². The Kier molecular flexibility index (Phi) is 4.80. The van der Waals surface area contributed by atoms with E-state index in [0.29, 0.717) is 46.1 Å². The zero-order valence-corrected chi connectivity index (χ0v) is 16.5. The number of anilines is 1. The van der Waals surface area contributed by atoms with Crippen molar-refractivity contribution >= 4 is 33.6 Å². The summed E-state index contributed by atoms with van der Waals surface area (Å²) >= 11 is 3.41. The van der Waals surface area contributed by atoms with Crippen LogP contribution in [0.4, 0.5) is 15.1 Å². The quantitative estimate of drug-likeness (QED) is 0.550. The van der Waals surface area contributed by atoms with Gasteiger partial charge in [0.05, 0.1) is 22.8 Å². The van der Waals surface area contributed by atoms with Gasteiger partial charge in [0.1, 0.15) is 11.6 Å². The number of ether oxygens (including phenoxy) is 1. The van der Waals surface area contributed by atoms with Crippen LogP contribution in [0.1, 0.15) is 29.8 Å². The number of hydrogen-bond acceptors (Lipinski definition) is 5. The third-order valence-electron chi connectivity index (χ3n) is 4.61. The number of rotatable bonds is 5.